The van der Waals surface area contributed by atoms with Crippen LogP contribution in [0.4, 0.5) is 0 Å². The Morgan fingerprint density at radius 3 is 2.78 bits per heavy atom. The molecule has 8 nitrogen and oxygen atoms in total. The van der Waals surface area contributed by atoms with Gasteiger partial charge in [0.2, 0.25) is 11.8 Å². The molecule has 0 aromatic heterocycles. The summed E-state index contributed by atoms with van der Waals surface area (Å²) in [5.41, 5.74) is 1.89. The molecule has 168 valence electrons. The molecule has 1 aliphatic heterocycles. The quantitative estimate of drug-likeness (QED) is 0.392. The van der Waals surface area contributed by atoms with E-state index in [-0.39, 0.29) is 18.2 Å². The van der Waals surface area contributed by atoms with Gasteiger partial charge in [-0.05, 0) is 41.8 Å². The average Bonchev–Trinajstić information content (AvgIpc) is 3.12. The van der Waals surface area contributed by atoms with Crippen LogP contribution in [0.5, 0.6) is 11.5 Å². The van der Waals surface area contributed by atoms with Gasteiger partial charge >= 0.3 is 0 Å². The second-order valence-corrected chi connectivity index (χ2v) is 8.90. The Morgan fingerprint density at radius 1 is 1.22 bits per heavy atom. The standard InChI is InChI=1S/C22H23BrN4O4S/c1-30-17-7-6-14(11-18(17)31-2)8-9-24-20(28)12-19-21(29)26-22(32-19)27-25-13-15-4-3-5-16(23)10-15/h3-7,10-11,13,19H,8-9,12H2,1-2H3,(H,24,28)(H,26,27,29)/b25-13-/t19-/m0/s1. The zero-order valence-electron chi connectivity index (χ0n) is 17.6. The van der Waals surface area contributed by atoms with Gasteiger partial charge in [-0.2, -0.15) is 5.10 Å². The Morgan fingerprint density at radius 2 is 2.03 bits per heavy atom. The van der Waals surface area contributed by atoms with Crippen LogP contribution in [0, 0.1) is 0 Å². The van der Waals surface area contributed by atoms with Gasteiger partial charge in [0, 0.05) is 17.4 Å². The minimum Gasteiger partial charge on any atom is -0.493 e. The highest BCUT2D eigenvalue weighted by Crippen LogP contribution is 2.27. The number of amides is 2. The van der Waals surface area contributed by atoms with Crippen molar-refractivity contribution >= 4 is 50.9 Å². The SMILES string of the molecule is COc1ccc(CCNC(=O)C[C@@H]2S/C(=N/N=C\c3cccc(Br)c3)NC2=O)cc1OC. The number of thioether (sulfide) groups is 1. The highest BCUT2D eigenvalue weighted by Gasteiger charge is 2.32. The van der Waals surface area contributed by atoms with Gasteiger partial charge in [-0.15, -0.1) is 5.10 Å². The smallest absolute Gasteiger partial charge is 0.240 e. The molecule has 1 aliphatic rings. The number of carbonyl (C=O) groups is 2. The summed E-state index contributed by atoms with van der Waals surface area (Å²) in [6, 6.07) is 13.2. The molecule has 0 aliphatic carbocycles. The van der Waals surface area contributed by atoms with Gasteiger partial charge in [-0.3, -0.25) is 9.59 Å². The molecule has 32 heavy (non-hydrogen) atoms. The van der Waals surface area contributed by atoms with Crippen LogP contribution in [-0.4, -0.2) is 49.2 Å². The summed E-state index contributed by atoms with van der Waals surface area (Å²) < 4.78 is 11.5. The summed E-state index contributed by atoms with van der Waals surface area (Å²) in [6.45, 7) is 0.450. The summed E-state index contributed by atoms with van der Waals surface area (Å²) in [6.07, 6.45) is 2.29. The number of rotatable bonds is 9. The summed E-state index contributed by atoms with van der Waals surface area (Å²) in [5.74, 6) is 0.853. The molecule has 0 unspecified atom stereocenters. The van der Waals surface area contributed by atoms with Crippen LogP contribution in [0.3, 0.4) is 0 Å². The van der Waals surface area contributed by atoms with E-state index in [1.165, 1.54) is 11.8 Å². The second-order valence-electron chi connectivity index (χ2n) is 6.79. The molecule has 0 spiro atoms. The van der Waals surface area contributed by atoms with Gasteiger partial charge in [0.05, 0.1) is 20.4 Å². The average molecular weight is 519 g/mol. The van der Waals surface area contributed by atoms with E-state index in [0.717, 1.165) is 15.6 Å². The molecule has 2 amide bonds. The largest absolute Gasteiger partial charge is 0.493 e. The molecule has 10 heteroatoms. The molecular formula is C22H23BrN4O4S. The van der Waals surface area contributed by atoms with E-state index in [4.69, 9.17) is 9.47 Å². The number of hydrogen-bond acceptors (Lipinski definition) is 7. The summed E-state index contributed by atoms with van der Waals surface area (Å²) >= 11 is 4.59. The molecule has 1 atom stereocenters. The van der Waals surface area contributed by atoms with Crippen LogP contribution < -0.4 is 20.1 Å². The maximum Gasteiger partial charge on any atom is 0.240 e. The molecule has 0 bridgehead atoms. The lowest BCUT2D eigenvalue weighted by atomic mass is 10.1. The first-order valence-electron chi connectivity index (χ1n) is 9.80. The van der Waals surface area contributed by atoms with Gasteiger partial charge in [0.25, 0.3) is 0 Å². The lowest BCUT2D eigenvalue weighted by Gasteiger charge is -2.10. The van der Waals surface area contributed by atoms with Crippen molar-refractivity contribution in [1.82, 2.24) is 10.6 Å². The topological polar surface area (TPSA) is 101 Å². The first-order chi connectivity index (χ1) is 15.5. The molecule has 0 saturated carbocycles. The van der Waals surface area contributed by atoms with Gasteiger partial charge in [-0.25, -0.2) is 0 Å². The van der Waals surface area contributed by atoms with Crippen molar-refractivity contribution in [3.63, 3.8) is 0 Å². The van der Waals surface area contributed by atoms with Gasteiger partial charge in [0.15, 0.2) is 16.7 Å². The van der Waals surface area contributed by atoms with Gasteiger partial charge < -0.3 is 20.1 Å². The third-order valence-electron chi connectivity index (χ3n) is 4.54. The second kappa shape index (κ2) is 11.7. The number of methoxy groups -OCH3 is 2. The van der Waals surface area contributed by atoms with E-state index in [1.54, 1.807) is 20.4 Å². The molecule has 0 radical (unpaired) electrons. The number of carbonyl (C=O) groups excluding carboxylic acids is 2. The van der Waals surface area contributed by atoms with Crippen LogP contribution >= 0.6 is 27.7 Å². The van der Waals surface area contributed by atoms with Crippen LogP contribution in [0.25, 0.3) is 0 Å². The summed E-state index contributed by atoms with van der Waals surface area (Å²) in [4.78, 5) is 24.4. The third kappa shape index (κ3) is 6.83. The van der Waals surface area contributed by atoms with E-state index in [1.807, 2.05) is 42.5 Å². The molecule has 2 N–H and O–H groups in total. The van der Waals surface area contributed by atoms with E-state index >= 15 is 0 Å². The maximum atomic E-state index is 12.3. The molecule has 1 fully saturated rings. The lowest BCUT2D eigenvalue weighted by Crippen LogP contribution is -2.32. The van der Waals surface area contributed by atoms with Crippen molar-refractivity contribution in [3.05, 3.63) is 58.1 Å². The van der Waals surface area contributed by atoms with Crippen molar-refractivity contribution in [3.8, 4) is 11.5 Å². The van der Waals surface area contributed by atoms with E-state index in [0.29, 0.717) is 29.6 Å². The number of amidine groups is 1. The summed E-state index contributed by atoms with van der Waals surface area (Å²) in [7, 11) is 3.16. The van der Waals surface area contributed by atoms with Crippen molar-refractivity contribution < 1.29 is 19.1 Å². The predicted molar refractivity (Wildman–Crippen MR) is 130 cm³/mol. The monoisotopic (exact) mass is 518 g/mol. The third-order valence-corrected chi connectivity index (χ3v) is 6.10. The maximum absolute atomic E-state index is 12.3. The van der Waals surface area contributed by atoms with Crippen molar-refractivity contribution in [2.75, 3.05) is 20.8 Å². The highest BCUT2D eigenvalue weighted by atomic mass is 79.9. The Balaban J connectivity index is 1.45. The zero-order chi connectivity index (χ0) is 22.9. The number of halogens is 1. The number of ether oxygens (including phenoxy) is 2. The van der Waals surface area contributed by atoms with Crippen molar-refractivity contribution in [1.29, 1.82) is 0 Å². The fourth-order valence-corrected chi connectivity index (χ4v) is 4.29. The van der Waals surface area contributed by atoms with Crippen LogP contribution in [0.15, 0.2) is 57.1 Å². The molecule has 2 aromatic rings. The minimum atomic E-state index is -0.532. The van der Waals surface area contributed by atoms with E-state index < -0.39 is 5.25 Å². The van der Waals surface area contributed by atoms with Gasteiger partial charge in [0.1, 0.15) is 5.25 Å². The van der Waals surface area contributed by atoms with Gasteiger partial charge in [-0.1, -0.05) is 45.9 Å². The minimum absolute atomic E-state index is 0.0663. The fraction of sp³-hybridized carbons (Fsp3) is 0.273. The summed E-state index contributed by atoms with van der Waals surface area (Å²) in [5, 5.41) is 13.4. The first kappa shape index (κ1) is 23.8. The number of hydrogen-bond donors (Lipinski definition) is 2. The van der Waals surface area contributed by atoms with E-state index in [9.17, 15) is 9.59 Å². The first-order valence-corrected chi connectivity index (χ1v) is 11.5. The Labute approximate surface area is 199 Å². The molecule has 2 aromatic carbocycles. The van der Waals surface area contributed by atoms with Crippen molar-refractivity contribution in [2.24, 2.45) is 10.2 Å². The van der Waals surface area contributed by atoms with Crippen LogP contribution in [0.1, 0.15) is 17.5 Å². The zero-order valence-corrected chi connectivity index (χ0v) is 20.0. The number of nitrogens with zero attached hydrogens (tertiary/aromatic N) is 2. The Bertz CT molecular complexity index is 1040. The normalized spacial score (nSPS) is 16.9. The fourth-order valence-electron chi connectivity index (χ4n) is 2.94. The Hall–Kier alpha value is -2.85. The molecular weight excluding hydrogens is 496 g/mol. The number of benzene rings is 2. The molecule has 1 saturated heterocycles. The van der Waals surface area contributed by atoms with Crippen molar-refractivity contribution in [2.45, 2.75) is 18.1 Å². The predicted octanol–water partition coefficient (Wildman–Crippen LogP) is 3.14. The Kier molecular flexibility index (Phi) is 8.69. The number of nitrogens with one attached hydrogen (secondary N) is 2. The highest BCUT2D eigenvalue weighted by molar-refractivity contribution is 9.10. The van der Waals surface area contributed by atoms with Crippen LogP contribution in [0.2, 0.25) is 0 Å². The molecule has 1 heterocycles. The van der Waals surface area contributed by atoms with Crippen LogP contribution in [-0.2, 0) is 16.0 Å². The lowest BCUT2D eigenvalue weighted by molar-refractivity contribution is -0.125. The van der Waals surface area contributed by atoms with E-state index in [2.05, 4.69) is 36.8 Å². The molecule has 3 rings (SSSR count).